The first-order chi connectivity index (χ1) is 15.9. The van der Waals surface area contributed by atoms with Crippen LogP contribution in [0.3, 0.4) is 0 Å². The van der Waals surface area contributed by atoms with Gasteiger partial charge in [0.15, 0.2) is 0 Å². The summed E-state index contributed by atoms with van der Waals surface area (Å²) in [6.07, 6.45) is 0. The van der Waals surface area contributed by atoms with Crippen molar-refractivity contribution in [1.29, 1.82) is 5.26 Å². The highest BCUT2D eigenvalue weighted by molar-refractivity contribution is 7.22. The lowest BCUT2D eigenvalue weighted by Gasteiger charge is -2.19. The van der Waals surface area contributed by atoms with Crippen molar-refractivity contribution in [2.24, 2.45) is 5.73 Å². The molecular formula is C22H16N6O4S. The van der Waals surface area contributed by atoms with Gasteiger partial charge in [0.25, 0.3) is 5.91 Å². The van der Waals surface area contributed by atoms with E-state index in [0.717, 1.165) is 16.2 Å². The number of carbonyl (C=O) groups is 3. The number of hydrogen-bond donors (Lipinski definition) is 3. The molecule has 2 aromatic heterocycles. The highest BCUT2D eigenvalue weighted by atomic mass is 32.1. The summed E-state index contributed by atoms with van der Waals surface area (Å²) in [7, 11) is 1.54. The average molecular weight is 460 g/mol. The molecule has 2 aromatic carbocycles. The zero-order chi connectivity index (χ0) is 23.5. The Kier molecular flexibility index (Phi) is 5.75. The van der Waals surface area contributed by atoms with E-state index in [4.69, 9.17) is 15.7 Å². The van der Waals surface area contributed by atoms with Gasteiger partial charge in [0.05, 0.1) is 29.8 Å². The van der Waals surface area contributed by atoms with Crippen LogP contribution in [0.5, 0.6) is 5.75 Å². The smallest absolute Gasteiger partial charge is 0.321 e. The summed E-state index contributed by atoms with van der Waals surface area (Å²) in [5.41, 5.74) is 6.42. The van der Waals surface area contributed by atoms with Crippen molar-refractivity contribution in [3.63, 3.8) is 0 Å². The topological polar surface area (TPSA) is 154 Å². The summed E-state index contributed by atoms with van der Waals surface area (Å²) >= 11 is 1.13. The van der Waals surface area contributed by atoms with Crippen LogP contribution in [0.4, 0.5) is 16.5 Å². The predicted octanol–water partition coefficient (Wildman–Crippen LogP) is 2.91. The molecule has 4 rings (SSSR count). The molecule has 0 aliphatic rings. The molecule has 0 saturated carbocycles. The maximum Gasteiger partial charge on any atom is 0.321 e. The Balaban J connectivity index is 1.67. The molecule has 33 heavy (non-hydrogen) atoms. The van der Waals surface area contributed by atoms with Crippen molar-refractivity contribution in [3.05, 3.63) is 65.7 Å². The quantitative estimate of drug-likeness (QED) is 0.389. The monoisotopic (exact) mass is 460 g/mol. The van der Waals surface area contributed by atoms with E-state index in [2.05, 4.69) is 15.5 Å². The van der Waals surface area contributed by atoms with Gasteiger partial charge in [-0.3, -0.25) is 24.4 Å². The molecule has 0 radical (unpaired) electrons. The fourth-order valence-corrected chi connectivity index (χ4v) is 4.09. The van der Waals surface area contributed by atoms with Crippen molar-refractivity contribution < 1.29 is 19.1 Å². The normalized spacial score (nSPS) is 10.4. The SMILES string of the molecule is COc1ccc(C(=O)Nc2[nH]nc3sc(N(C(=O)C(N)=O)c4ccc(C#N)cc4)cc23)cc1. The Labute approximate surface area is 191 Å². The number of primary amides is 1. The van der Waals surface area contributed by atoms with Crippen molar-refractivity contribution in [3.8, 4) is 11.8 Å². The largest absolute Gasteiger partial charge is 0.497 e. The van der Waals surface area contributed by atoms with E-state index in [0.29, 0.717) is 43.6 Å². The summed E-state index contributed by atoms with van der Waals surface area (Å²) < 4.78 is 5.10. The summed E-state index contributed by atoms with van der Waals surface area (Å²) in [5.74, 6) is -1.50. The van der Waals surface area contributed by atoms with Gasteiger partial charge in [-0.15, -0.1) is 0 Å². The number of thiophene rings is 1. The van der Waals surface area contributed by atoms with E-state index >= 15 is 0 Å². The van der Waals surface area contributed by atoms with Gasteiger partial charge in [-0.1, -0.05) is 11.3 Å². The number of ether oxygens (including phenoxy) is 1. The molecule has 0 unspecified atom stereocenters. The van der Waals surface area contributed by atoms with Gasteiger partial charge >= 0.3 is 11.8 Å². The van der Waals surface area contributed by atoms with Gasteiger partial charge in [-0.25, -0.2) is 0 Å². The first kappa shape index (κ1) is 21.5. The van der Waals surface area contributed by atoms with Crippen molar-refractivity contribution in [2.45, 2.75) is 0 Å². The summed E-state index contributed by atoms with van der Waals surface area (Å²) in [6, 6.07) is 16.3. The second-order valence-electron chi connectivity index (χ2n) is 6.75. The number of nitrogens with two attached hydrogens (primary N) is 1. The van der Waals surface area contributed by atoms with Gasteiger partial charge in [0.1, 0.15) is 21.4 Å². The number of aromatic nitrogens is 2. The number of rotatable bonds is 5. The van der Waals surface area contributed by atoms with Gasteiger partial charge in [-0.2, -0.15) is 10.4 Å². The number of hydrogen-bond acceptors (Lipinski definition) is 7. The Bertz CT molecular complexity index is 1400. The minimum atomic E-state index is -1.14. The van der Waals surface area contributed by atoms with Crippen LogP contribution in [0.1, 0.15) is 15.9 Å². The summed E-state index contributed by atoms with van der Waals surface area (Å²) in [5, 5.41) is 19.6. The lowest BCUT2D eigenvalue weighted by atomic mass is 10.2. The van der Waals surface area contributed by atoms with Crippen LogP contribution in [-0.4, -0.2) is 35.0 Å². The Morgan fingerprint density at radius 3 is 2.45 bits per heavy atom. The molecule has 164 valence electrons. The third-order valence-electron chi connectivity index (χ3n) is 4.72. The van der Waals surface area contributed by atoms with Crippen molar-refractivity contribution >= 4 is 55.8 Å². The van der Waals surface area contributed by atoms with Crippen LogP contribution in [-0.2, 0) is 9.59 Å². The van der Waals surface area contributed by atoms with E-state index in [-0.39, 0.29) is 5.91 Å². The van der Waals surface area contributed by atoms with Crippen molar-refractivity contribution in [1.82, 2.24) is 10.2 Å². The number of fused-ring (bicyclic) bond motifs is 1. The number of nitriles is 1. The van der Waals surface area contributed by atoms with E-state index in [9.17, 15) is 14.4 Å². The van der Waals surface area contributed by atoms with Crippen LogP contribution in [0.25, 0.3) is 10.2 Å². The molecule has 10 nitrogen and oxygen atoms in total. The van der Waals surface area contributed by atoms with Crippen LogP contribution < -0.4 is 20.7 Å². The fourth-order valence-electron chi connectivity index (χ4n) is 3.07. The van der Waals surface area contributed by atoms with Crippen LogP contribution in [0.15, 0.2) is 54.6 Å². The lowest BCUT2D eigenvalue weighted by molar-refractivity contribution is -0.135. The number of methoxy groups -OCH3 is 1. The number of anilines is 3. The molecule has 3 amide bonds. The van der Waals surface area contributed by atoms with Crippen LogP contribution in [0.2, 0.25) is 0 Å². The molecule has 2 heterocycles. The van der Waals surface area contributed by atoms with E-state index < -0.39 is 11.8 Å². The zero-order valence-corrected chi connectivity index (χ0v) is 18.0. The molecule has 0 atom stereocenters. The summed E-state index contributed by atoms with van der Waals surface area (Å²) in [6.45, 7) is 0. The third-order valence-corrected chi connectivity index (χ3v) is 5.73. The van der Waals surface area contributed by atoms with Crippen molar-refractivity contribution in [2.75, 3.05) is 17.3 Å². The minimum absolute atomic E-state index is 0.333. The Hall–Kier alpha value is -4.69. The summed E-state index contributed by atoms with van der Waals surface area (Å²) in [4.78, 5) is 38.5. The number of benzene rings is 2. The highest BCUT2D eigenvalue weighted by Gasteiger charge is 2.26. The third kappa shape index (κ3) is 4.23. The molecule has 0 saturated heterocycles. The molecular weight excluding hydrogens is 444 g/mol. The number of nitrogens with zero attached hydrogens (tertiary/aromatic N) is 3. The van der Waals surface area contributed by atoms with Crippen LogP contribution in [0, 0.1) is 11.3 Å². The minimum Gasteiger partial charge on any atom is -0.497 e. The highest BCUT2D eigenvalue weighted by Crippen LogP contribution is 2.38. The van der Waals surface area contributed by atoms with Crippen LogP contribution >= 0.6 is 11.3 Å². The molecule has 0 spiro atoms. The molecule has 0 aliphatic carbocycles. The van der Waals surface area contributed by atoms with E-state index in [1.54, 1.807) is 30.3 Å². The number of aromatic amines is 1. The van der Waals surface area contributed by atoms with Gasteiger partial charge in [0, 0.05) is 5.56 Å². The molecule has 0 aliphatic heterocycles. The maximum atomic E-state index is 12.6. The maximum absolute atomic E-state index is 12.6. The first-order valence-corrected chi connectivity index (χ1v) is 10.3. The number of carbonyl (C=O) groups excluding carboxylic acids is 3. The second kappa shape index (κ2) is 8.81. The fraction of sp³-hybridized carbons (Fsp3) is 0.0455. The zero-order valence-electron chi connectivity index (χ0n) is 17.2. The van der Waals surface area contributed by atoms with Gasteiger partial charge < -0.3 is 15.8 Å². The number of nitrogens with one attached hydrogen (secondary N) is 2. The average Bonchev–Trinajstić information content (AvgIpc) is 3.41. The molecule has 0 fully saturated rings. The first-order valence-electron chi connectivity index (χ1n) is 9.48. The van der Waals surface area contributed by atoms with E-state index in [1.165, 1.54) is 31.4 Å². The Morgan fingerprint density at radius 1 is 1.15 bits per heavy atom. The van der Waals surface area contributed by atoms with Gasteiger partial charge in [0.2, 0.25) is 0 Å². The second-order valence-corrected chi connectivity index (χ2v) is 7.76. The van der Waals surface area contributed by atoms with E-state index in [1.807, 2.05) is 6.07 Å². The molecule has 4 aromatic rings. The predicted molar refractivity (Wildman–Crippen MR) is 122 cm³/mol. The number of amides is 3. The molecule has 0 bridgehead atoms. The molecule has 4 N–H and O–H groups in total. The lowest BCUT2D eigenvalue weighted by Crippen LogP contribution is -2.36. The van der Waals surface area contributed by atoms with Gasteiger partial charge in [-0.05, 0) is 54.6 Å². The Morgan fingerprint density at radius 2 is 1.85 bits per heavy atom. The standard InChI is InChI=1S/C22H16N6O4S/c1-32-15-8-4-13(5-9-15)20(30)25-19-16-10-17(33-21(16)27-26-19)28(22(31)18(24)29)14-6-2-12(11-23)3-7-14/h2-10H,1H3,(H2,24,29)(H2,25,26,27,30). The molecule has 11 heteroatoms. The number of H-pyrrole nitrogens is 1.